The van der Waals surface area contributed by atoms with Gasteiger partial charge in [0.2, 0.25) is 0 Å². The fourth-order valence-electron chi connectivity index (χ4n) is 2.46. The third-order valence-corrected chi connectivity index (χ3v) is 3.77. The fraction of sp³-hybridized carbons (Fsp3) is 0.600. The molecule has 1 saturated carbocycles. The molecule has 0 bridgehead atoms. The molecular formula is C15H22O3. The Bertz CT molecular complexity index is 352. The highest BCUT2D eigenvalue weighted by Gasteiger charge is 2.44. The van der Waals surface area contributed by atoms with E-state index in [2.05, 4.69) is 0 Å². The molecule has 2 rings (SSSR count). The van der Waals surface area contributed by atoms with E-state index in [4.69, 9.17) is 9.84 Å². The van der Waals surface area contributed by atoms with Gasteiger partial charge in [0.1, 0.15) is 0 Å². The number of benzene rings is 1. The Kier molecular flexibility index (Phi) is 4.75. The number of aliphatic hydroxyl groups excluding tert-OH is 2. The Morgan fingerprint density at radius 2 is 2.00 bits per heavy atom. The smallest absolute Gasteiger partial charge is 0.0720 e. The molecule has 0 aliphatic heterocycles. The SMILES string of the molecule is C[C@@H](CO)[C@@H](OCc1ccccc1)[C@H]1C[C@@H]1CO. The molecule has 1 aromatic rings. The van der Waals surface area contributed by atoms with E-state index in [1.807, 2.05) is 37.3 Å². The van der Waals surface area contributed by atoms with Gasteiger partial charge in [0, 0.05) is 19.1 Å². The van der Waals surface area contributed by atoms with Gasteiger partial charge in [0.15, 0.2) is 0 Å². The molecule has 1 fully saturated rings. The summed E-state index contributed by atoms with van der Waals surface area (Å²) >= 11 is 0. The van der Waals surface area contributed by atoms with Crippen molar-refractivity contribution in [3.63, 3.8) is 0 Å². The molecule has 0 spiro atoms. The average Bonchev–Trinajstić information content (AvgIpc) is 3.19. The summed E-state index contributed by atoms with van der Waals surface area (Å²) in [6, 6.07) is 10.1. The van der Waals surface area contributed by atoms with Crippen molar-refractivity contribution in [3.05, 3.63) is 35.9 Å². The van der Waals surface area contributed by atoms with Gasteiger partial charge in [0.25, 0.3) is 0 Å². The summed E-state index contributed by atoms with van der Waals surface area (Å²) < 4.78 is 5.97. The Labute approximate surface area is 108 Å². The van der Waals surface area contributed by atoms with Crippen LogP contribution in [0.4, 0.5) is 0 Å². The molecule has 4 atom stereocenters. The van der Waals surface area contributed by atoms with Crippen LogP contribution < -0.4 is 0 Å². The summed E-state index contributed by atoms with van der Waals surface area (Å²) in [7, 11) is 0. The monoisotopic (exact) mass is 250 g/mol. The standard InChI is InChI=1S/C15H22O3/c1-11(8-16)15(14-7-13(14)9-17)18-10-12-5-3-2-4-6-12/h2-6,11,13-17H,7-10H2,1H3/t11-,13+,14-,15+/m0/s1. The van der Waals surface area contributed by atoms with Gasteiger partial charge in [-0.3, -0.25) is 0 Å². The third kappa shape index (κ3) is 3.31. The fourth-order valence-corrected chi connectivity index (χ4v) is 2.46. The number of rotatable bonds is 7. The minimum atomic E-state index is 0.0485. The molecule has 0 heterocycles. The maximum atomic E-state index is 9.30. The van der Waals surface area contributed by atoms with Crippen molar-refractivity contribution in [2.24, 2.45) is 17.8 Å². The van der Waals surface area contributed by atoms with Crippen molar-refractivity contribution in [2.75, 3.05) is 13.2 Å². The van der Waals surface area contributed by atoms with Crippen LogP contribution in [-0.4, -0.2) is 29.5 Å². The highest BCUT2D eigenvalue weighted by Crippen LogP contribution is 2.44. The number of aliphatic hydroxyl groups is 2. The number of hydrogen-bond acceptors (Lipinski definition) is 3. The van der Waals surface area contributed by atoms with Crippen LogP contribution in [0.5, 0.6) is 0 Å². The van der Waals surface area contributed by atoms with Crippen LogP contribution in [0.3, 0.4) is 0 Å². The van der Waals surface area contributed by atoms with Gasteiger partial charge in [-0.05, 0) is 23.8 Å². The van der Waals surface area contributed by atoms with Crippen molar-refractivity contribution >= 4 is 0 Å². The zero-order chi connectivity index (χ0) is 13.0. The number of hydrogen-bond donors (Lipinski definition) is 2. The Hall–Kier alpha value is -0.900. The van der Waals surface area contributed by atoms with Gasteiger partial charge in [-0.15, -0.1) is 0 Å². The molecule has 0 saturated heterocycles. The maximum absolute atomic E-state index is 9.30. The summed E-state index contributed by atoms with van der Waals surface area (Å²) in [5.41, 5.74) is 1.15. The second-order valence-corrected chi connectivity index (χ2v) is 5.26. The summed E-state index contributed by atoms with van der Waals surface area (Å²) in [4.78, 5) is 0. The van der Waals surface area contributed by atoms with Crippen molar-refractivity contribution in [2.45, 2.75) is 26.1 Å². The first-order chi connectivity index (χ1) is 8.76. The molecule has 3 heteroatoms. The lowest BCUT2D eigenvalue weighted by Crippen LogP contribution is -2.27. The zero-order valence-corrected chi connectivity index (χ0v) is 10.8. The first kappa shape index (κ1) is 13.5. The normalized spacial score (nSPS) is 25.7. The summed E-state index contributed by atoms with van der Waals surface area (Å²) in [5, 5.41) is 18.4. The maximum Gasteiger partial charge on any atom is 0.0720 e. The topological polar surface area (TPSA) is 49.7 Å². The van der Waals surface area contributed by atoms with Crippen molar-refractivity contribution < 1.29 is 14.9 Å². The lowest BCUT2D eigenvalue weighted by molar-refractivity contribution is -0.0283. The van der Waals surface area contributed by atoms with Crippen molar-refractivity contribution in [1.29, 1.82) is 0 Å². The van der Waals surface area contributed by atoms with E-state index in [-0.39, 0.29) is 25.2 Å². The van der Waals surface area contributed by atoms with Gasteiger partial charge >= 0.3 is 0 Å². The van der Waals surface area contributed by atoms with Crippen LogP contribution in [0.25, 0.3) is 0 Å². The molecule has 0 aromatic heterocycles. The van der Waals surface area contributed by atoms with Crippen LogP contribution in [0.15, 0.2) is 30.3 Å². The summed E-state index contributed by atoms with van der Waals surface area (Å²) in [6.07, 6.45) is 1.06. The van der Waals surface area contributed by atoms with E-state index in [1.165, 1.54) is 0 Å². The minimum Gasteiger partial charge on any atom is -0.396 e. The van der Waals surface area contributed by atoms with E-state index in [1.54, 1.807) is 0 Å². The zero-order valence-electron chi connectivity index (χ0n) is 10.8. The second kappa shape index (κ2) is 6.32. The van der Waals surface area contributed by atoms with E-state index in [9.17, 15) is 5.11 Å². The van der Waals surface area contributed by atoms with Gasteiger partial charge in [-0.2, -0.15) is 0 Å². The lowest BCUT2D eigenvalue weighted by atomic mass is 10.00. The lowest BCUT2D eigenvalue weighted by Gasteiger charge is -2.23. The van der Waals surface area contributed by atoms with E-state index >= 15 is 0 Å². The van der Waals surface area contributed by atoms with Crippen LogP contribution in [0.2, 0.25) is 0 Å². The molecule has 0 unspecified atom stereocenters. The Balaban J connectivity index is 1.90. The van der Waals surface area contributed by atoms with Crippen LogP contribution in [0, 0.1) is 17.8 Å². The molecule has 3 nitrogen and oxygen atoms in total. The number of ether oxygens (including phenoxy) is 1. The highest BCUT2D eigenvalue weighted by atomic mass is 16.5. The molecule has 0 radical (unpaired) electrons. The molecule has 1 aliphatic carbocycles. The van der Waals surface area contributed by atoms with Crippen LogP contribution in [0.1, 0.15) is 18.9 Å². The second-order valence-electron chi connectivity index (χ2n) is 5.26. The van der Waals surface area contributed by atoms with E-state index < -0.39 is 0 Å². The van der Waals surface area contributed by atoms with Crippen molar-refractivity contribution in [1.82, 2.24) is 0 Å². The molecular weight excluding hydrogens is 228 g/mol. The molecule has 100 valence electrons. The quantitative estimate of drug-likeness (QED) is 0.776. The average molecular weight is 250 g/mol. The van der Waals surface area contributed by atoms with Gasteiger partial charge in [0.05, 0.1) is 12.7 Å². The minimum absolute atomic E-state index is 0.0485. The molecule has 2 N–H and O–H groups in total. The predicted octanol–water partition coefficient (Wildman–Crippen LogP) is 1.83. The molecule has 1 aromatic carbocycles. The molecule has 18 heavy (non-hydrogen) atoms. The van der Waals surface area contributed by atoms with E-state index in [0.29, 0.717) is 18.4 Å². The Morgan fingerprint density at radius 1 is 1.28 bits per heavy atom. The first-order valence-electron chi connectivity index (χ1n) is 6.63. The van der Waals surface area contributed by atoms with Crippen LogP contribution in [-0.2, 0) is 11.3 Å². The predicted molar refractivity (Wildman–Crippen MR) is 70.0 cm³/mol. The summed E-state index contributed by atoms with van der Waals surface area (Å²) in [6.45, 7) is 2.94. The van der Waals surface area contributed by atoms with Gasteiger partial charge in [-0.1, -0.05) is 37.3 Å². The van der Waals surface area contributed by atoms with Gasteiger partial charge in [-0.25, -0.2) is 0 Å². The van der Waals surface area contributed by atoms with E-state index in [0.717, 1.165) is 12.0 Å². The third-order valence-electron chi connectivity index (χ3n) is 3.77. The molecule has 0 amide bonds. The van der Waals surface area contributed by atoms with Gasteiger partial charge < -0.3 is 14.9 Å². The van der Waals surface area contributed by atoms with Crippen molar-refractivity contribution in [3.8, 4) is 0 Å². The Morgan fingerprint density at radius 3 is 2.56 bits per heavy atom. The largest absolute Gasteiger partial charge is 0.396 e. The summed E-state index contributed by atoms with van der Waals surface area (Å²) in [5.74, 6) is 0.885. The molecule has 1 aliphatic rings. The first-order valence-corrected chi connectivity index (χ1v) is 6.63. The highest BCUT2D eigenvalue weighted by molar-refractivity contribution is 5.13. The van der Waals surface area contributed by atoms with Crippen LogP contribution >= 0.6 is 0 Å².